The van der Waals surface area contributed by atoms with Gasteiger partial charge in [-0.05, 0) is 19.8 Å². The van der Waals surface area contributed by atoms with Gasteiger partial charge in [0.25, 0.3) is 0 Å². The molecular weight excluding hydrogens is 272 g/mol. The molecule has 0 aromatic rings. The summed E-state index contributed by atoms with van der Waals surface area (Å²) in [7, 11) is 0. The van der Waals surface area contributed by atoms with Crippen molar-refractivity contribution < 1.29 is 19.4 Å². The smallest absolute Gasteiger partial charge is 0.244 e. The van der Waals surface area contributed by atoms with E-state index < -0.39 is 11.5 Å². The number of amides is 2. The van der Waals surface area contributed by atoms with Gasteiger partial charge < -0.3 is 20.1 Å². The highest BCUT2D eigenvalue weighted by Crippen LogP contribution is 2.16. The molecule has 1 aliphatic heterocycles. The largest absolute Gasteiger partial charge is 0.394 e. The van der Waals surface area contributed by atoms with Gasteiger partial charge in [-0.3, -0.25) is 9.59 Å². The molecule has 2 N–H and O–H groups in total. The van der Waals surface area contributed by atoms with Crippen LogP contribution in [0.3, 0.4) is 0 Å². The van der Waals surface area contributed by atoms with Crippen LogP contribution in [0.5, 0.6) is 0 Å². The van der Waals surface area contributed by atoms with E-state index in [-0.39, 0.29) is 24.5 Å². The van der Waals surface area contributed by atoms with Crippen LogP contribution < -0.4 is 5.32 Å². The van der Waals surface area contributed by atoms with Gasteiger partial charge in [-0.2, -0.15) is 0 Å². The molecule has 1 atom stereocenters. The number of ether oxygens (including phenoxy) is 1. The Kier molecular flexibility index (Phi) is 6.61. The van der Waals surface area contributed by atoms with Crippen LogP contribution in [-0.2, 0) is 14.3 Å². The molecule has 1 saturated heterocycles. The van der Waals surface area contributed by atoms with E-state index in [1.807, 2.05) is 20.8 Å². The third-order valence-electron chi connectivity index (χ3n) is 3.60. The molecule has 0 aromatic heterocycles. The number of piperidine rings is 1. The average molecular weight is 300 g/mol. The predicted octanol–water partition coefficient (Wildman–Crippen LogP) is 0.537. The van der Waals surface area contributed by atoms with E-state index in [1.54, 1.807) is 11.8 Å². The minimum absolute atomic E-state index is 0.0228. The quantitative estimate of drug-likeness (QED) is 0.776. The number of aliphatic hydroxyl groups excluding tert-OH is 1. The van der Waals surface area contributed by atoms with E-state index in [0.717, 1.165) is 12.8 Å². The summed E-state index contributed by atoms with van der Waals surface area (Å²) in [5.41, 5.74) is -0.500. The maximum absolute atomic E-state index is 12.3. The number of nitrogens with one attached hydrogen (secondary N) is 1. The number of rotatable bonds is 5. The number of hydrogen-bond acceptors (Lipinski definition) is 4. The van der Waals surface area contributed by atoms with Crippen LogP contribution in [0.15, 0.2) is 0 Å². The van der Waals surface area contributed by atoms with Crippen molar-refractivity contribution in [3.8, 4) is 0 Å². The first kappa shape index (κ1) is 17.9. The summed E-state index contributed by atoms with van der Waals surface area (Å²) in [6.45, 7) is 8.82. The normalized spacial score (nSPS) is 18.4. The second-order valence-electron chi connectivity index (χ2n) is 6.56. The highest BCUT2D eigenvalue weighted by atomic mass is 16.5. The molecule has 0 aliphatic carbocycles. The molecule has 1 heterocycles. The monoisotopic (exact) mass is 300 g/mol. The van der Waals surface area contributed by atoms with Crippen molar-refractivity contribution in [2.45, 2.75) is 52.7 Å². The van der Waals surface area contributed by atoms with Gasteiger partial charge in [-0.25, -0.2) is 0 Å². The number of nitrogens with zero attached hydrogens (tertiary/aromatic N) is 1. The topological polar surface area (TPSA) is 78.9 Å². The van der Waals surface area contributed by atoms with Crippen molar-refractivity contribution in [3.63, 3.8) is 0 Å². The predicted molar refractivity (Wildman–Crippen MR) is 79.7 cm³/mol. The maximum Gasteiger partial charge on any atom is 0.244 e. The molecule has 6 nitrogen and oxygen atoms in total. The van der Waals surface area contributed by atoms with Crippen LogP contribution in [0, 0.1) is 5.41 Å². The summed E-state index contributed by atoms with van der Waals surface area (Å²) in [6, 6.07) is -0.508. The first-order chi connectivity index (χ1) is 9.75. The third kappa shape index (κ3) is 5.63. The highest BCUT2D eigenvalue weighted by molar-refractivity contribution is 5.89. The van der Waals surface area contributed by atoms with Crippen LogP contribution in [0.25, 0.3) is 0 Å². The van der Waals surface area contributed by atoms with E-state index in [0.29, 0.717) is 19.7 Å². The Morgan fingerprint density at radius 1 is 1.33 bits per heavy atom. The number of carbonyl (C=O) groups is 2. The molecule has 0 aromatic carbocycles. The fraction of sp³-hybridized carbons (Fsp3) is 0.867. The van der Waals surface area contributed by atoms with Gasteiger partial charge in [-0.15, -0.1) is 0 Å². The van der Waals surface area contributed by atoms with E-state index in [4.69, 9.17) is 9.84 Å². The van der Waals surface area contributed by atoms with Gasteiger partial charge >= 0.3 is 0 Å². The van der Waals surface area contributed by atoms with E-state index in [9.17, 15) is 9.59 Å². The standard InChI is InChI=1S/C15H28N2O4/c1-11(16-14(20)15(2,3)4)13(19)17-7-5-12(6-8-17)21-10-9-18/h11-12,18H,5-10H2,1-4H3,(H,16,20). The lowest BCUT2D eigenvalue weighted by Crippen LogP contribution is -2.52. The fourth-order valence-electron chi connectivity index (χ4n) is 2.21. The lowest BCUT2D eigenvalue weighted by atomic mass is 9.95. The lowest BCUT2D eigenvalue weighted by molar-refractivity contribution is -0.140. The minimum atomic E-state index is -0.508. The Bertz CT molecular complexity index is 357. The van der Waals surface area contributed by atoms with Gasteiger partial charge in [0, 0.05) is 18.5 Å². The van der Waals surface area contributed by atoms with E-state index in [2.05, 4.69) is 5.32 Å². The number of aliphatic hydroxyl groups is 1. The summed E-state index contributed by atoms with van der Waals surface area (Å²) < 4.78 is 5.47. The fourth-order valence-corrected chi connectivity index (χ4v) is 2.21. The molecule has 122 valence electrons. The molecule has 21 heavy (non-hydrogen) atoms. The second kappa shape index (κ2) is 7.75. The number of likely N-dealkylation sites (tertiary alicyclic amines) is 1. The van der Waals surface area contributed by atoms with Crippen LogP contribution >= 0.6 is 0 Å². The Labute approximate surface area is 126 Å². The molecule has 0 radical (unpaired) electrons. The zero-order valence-corrected chi connectivity index (χ0v) is 13.5. The SMILES string of the molecule is CC(NC(=O)C(C)(C)C)C(=O)N1CCC(OCCO)CC1. The molecule has 1 fully saturated rings. The zero-order valence-electron chi connectivity index (χ0n) is 13.5. The Hall–Kier alpha value is -1.14. The summed E-state index contributed by atoms with van der Waals surface area (Å²) in [6.07, 6.45) is 1.65. The average Bonchev–Trinajstić information content (AvgIpc) is 2.43. The van der Waals surface area contributed by atoms with Crippen LogP contribution in [0.1, 0.15) is 40.5 Å². The molecule has 1 rings (SSSR count). The van der Waals surface area contributed by atoms with Crippen molar-refractivity contribution in [3.05, 3.63) is 0 Å². The van der Waals surface area contributed by atoms with E-state index >= 15 is 0 Å². The van der Waals surface area contributed by atoms with Crippen molar-refractivity contribution in [1.29, 1.82) is 0 Å². The molecular formula is C15H28N2O4. The van der Waals surface area contributed by atoms with E-state index in [1.165, 1.54) is 0 Å². The molecule has 1 unspecified atom stereocenters. The Morgan fingerprint density at radius 3 is 2.38 bits per heavy atom. The Balaban J connectivity index is 2.41. The maximum atomic E-state index is 12.3. The highest BCUT2D eigenvalue weighted by Gasteiger charge is 2.29. The van der Waals surface area contributed by atoms with Crippen molar-refractivity contribution in [1.82, 2.24) is 10.2 Å². The van der Waals surface area contributed by atoms with Crippen molar-refractivity contribution >= 4 is 11.8 Å². The zero-order chi connectivity index (χ0) is 16.0. The molecule has 1 aliphatic rings. The summed E-state index contributed by atoms with van der Waals surface area (Å²) >= 11 is 0. The first-order valence-corrected chi connectivity index (χ1v) is 7.58. The van der Waals surface area contributed by atoms with Crippen molar-refractivity contribution in [2.24, 2.45) is 5.41 Å². The van der Waals surface area contributed by atoms with Crippen molar-refractivity contribution in [2.75, 3.05) is 26.3 Å². The van der Waals surface area contributed by atoms with Crippen LogP contribution in [-0.4, -0.2) is 60.3 Å². The third-order valence-corrected chi connectivity index (χ3v) is 3.60. The first-order valence-electron chi connectivity index (χ1n) is 7.58. The Morgan fingerprint density at radius 2 is 1.90 bits per heavy atom. The van der Waals surface area contributed by atoms with Gasteiger partial charge in [0.15, 0.2) is 0 Å². The van der Waals surface area contributed by atoms with Crippen LogP contribution in [0.2, 0.25) is 0 Å². The minimum Gasteiger partial charge on any atom is -0.394 e. The van der Waals surface area contributed by atoms with Crippen LogP contribution in [0.4, 0.5) is 0 Å². The second-order valence-corrected chi connectivity index (χ2v) is 6.56. The number of carbonyl (C=O) groups excluding carboxylic acids is 2. The van der Waals surface area contributed by atoms with Gasteiger partial charge in [0.05, 0.1) is 19.3 Å². The van der Waals surface area contributed by atoms with Gasteiger partial charge in [0.2, 0.25) is 11.8 Å². The molecule has 0 spiro atoms. The molecule has 6 heteroatoms. The number of hydrogen-bond donors (Lipinski definition) is 2. The van der Waals surface area contributed by atoms with Gasteiger partial charge in [-0.1, -0.05) is 20.8 Å². The van der Waals surface area contributed by atoms with Gasteiger partial charge in [0.1, 0.15) is 6.04 Å². The molecule has 2 amide bonds. The lowest BCUT2D eigenvalue weighted by Gasteiger charge is -2.34. The molecule has 0 bridgehead atoms. The summed E-state index contributed by atoms with van der Waals surface area (Å²) in [4.78, 5) is 26.0. The molecule has 0 saturated carbocycles. The summed E-state index contributed by atoms with van der Waals surface area (Å²) in [5, 5.41) is 11.5. The summed E-state index contributed by atoms with van der Waals surface area (Å²) in [5.74, 6) is -0.169.